The molecule has 1 unspecified atom stereocenters. The van der Waals surface area contributed by atoms with E-state index in [1.807, 2.05) is 6.92 Å². The molecule has 1 saturated heterocycles. The van der Waals surface area contributed by atoms with Crippen LogP contribution in [-0.4, -0.2) is 59.4 Å². The van der Waals surface area contributed by atoms with Crippen LogP contribution in [0.4, 0.5) is 5.82 Å². The Kier molecular flexibility index (Phi) is 3.84. The highest BCUT2D eigenvalue weighted by Gasteiger charge is 2.34. The van der Waals surface area contributed by atoms with E-state index in [0.29, 0.717) is 13.1 Å². The fraction of sp³-hybridized carbons (Fsp3) is 0.727. The van der Waals surface area contributed by atoms with E-state index >= 15 is 0 Å². The standard InChI is InChI=1S/C11H21N5O2S/c1-4-15-5-6-16(7-9(15)2)19(17,18)11-10(12)13-8-14(11)3/h8-9H,4-7,12H2,1-3H3. The second-order valence-electron chi connectivity index (χ2n) is 4.89. The fourth-order valence-electron chi connectivity index (χ4n) is 2.52. The van der Waals surface area contributed by atoms with Crippen LogP contribution in [0.1, 0.15) is 13.8 Å². The van der Waals surface area contributed by atoms with Gasteiger partial charge in [-0.05, 0) is 13.5 Å². The van der Waals surface area contributed by atoms with Crippen molar-refractivity contribution < 1.29 is 8.42 Å². The Morgan fingerprint density at radius 2 is 2.16 bits per heavy atom. The van der Waals surface area contributed by atoms with Gasteiger partial charge in [-0.2, -0.15) is 4.31 Å². The average Bonchev–Trinajstić information content (AvgIpc) is 2.69. The van der Waals surface area contributed by atoms with Crippen LogP contribution in [0.2, 0.25) is 0 Å². The van der Waals surface area contributed by atoms with Gasteiger partial charge in [-0.15, -0.1) is 0 Å². The second-order valence-corrected chi connectivity index (χ2v) is 6.74. The van der Waals surface area contributed by atoms with Crippen LogP contribution < -0.4 is 5.73 Å². The Balaban J connectivity index is 2.27. The number of sulfonamides is 1. The van der Waals surface area contributed by atoms with Gasteiger partial charge in [0.25, 0.3) is 10.0 Å². The molecule has 1 aliphatic rings. The molecule has 1 aromatic rings. The molecule has 2 heterocycles. The van der Waals surface area contributed by atoms with E-state index in [1.165, 1.54) is 15.2 Å². The number of aryl methyl sites for hydroxylation is 1. The van der Waals surface area contributed by atoms with Gasteiger partial charge < -0.3 is 10.3 Å². The first-order valence-corrected chi connectivity index (χ1v) is 7.83. The van der Waals surface area contributed by atoms with Crippen molar-refractivity contribution in [1.29, 1.82) is 0 Å². The highest BCUT2D eigenvalue weighted by atomic mass is 32.2. The molecular weight excluding hydrogens is 266 g/mol. The maximum absolute atomic E-state index is 12.6. The molecule has 1 aromatic heterocycles. The van der Waals surface area contributed by atoms with Crippen molar-refractivity contribution >= 4 is 15.8 Å². The lowest BCUT2D eigenvalue weighted by Crippen LogP contribution is -2.53. The number of anilines is 1. The van der Waals surface area contributed by atoms with Crippen molar-refractivity contribution in [3.05, 3.63) is 6.33 Å². The average molecular weight is 287 g/mol. The van der Waals surface area contributed by atoms with Crippen LogP contribution >= 0.6 is 0 Å². The zero-order valence-electron chi connectivity index (χ0n) is 11.6. The molecule has 8 heteroatoms. The number of nitrogens with two attached hydrogens (primary N) is 1. The SMILES string of the molecule is CCN1CCN(S(=O)(=O)c2c(N)ncn2C)CC1C. The predicted octanol–water partition coefficient (Wildman–Crippen LogP) is -0.283. The number of nitrogen functional groups attached to an aromatic ring is 1. The molecule has 108 valence electrons. The molecule has 0 saturated carbocycles. The minimum absolute atomic E-state index is 0.0630. The summed E-state index contributed by atoms with van der Waals surface area (Å²) in [5, 5.41) is 0.0876. The lowest BCUT2D eigenvalue weighted by atomic mass is 10.2. The van der Waals surface area contributed by atoms with E-state index in [2.05, 4.69) is 16.8 Å². The quantitative estimate of drug-likeness (QED) is 0.826. The molecule has 2 rings (SSSR count). The number of imidazole rings is 1. The lowest BCUT2D eigenvalue weighted by Gasteiger charge is -2.38. The van der Waals surface area contributed by atoms with Crippen molar-refractivity contribution in [1.82, 2.24) is 18.8 Å². The van der Waals surface area contributed by atoms with Gasteiger partial charge in [0.15, 0.2) is 10.8 Å². The second kappa shape index (κ2) is 5.10. The number of likely N-dealkylation sites (N-methyl/N-ethyl adjacent to an activating group) is 1. The van der Waals surface area contributed by atoms with Gasteiger partial charge in [-0.25, -0.2) is 13.4 Å². The van der Waals surface area contributed by atoms with Crippen molar-refractivity contribution in [2.24, 2.45) is 7.05 Å². The number of rotatable bonds is 3. The van der Waals surface area contributed by atoms with Crippen LogP contribution in [0, 0.1) is 0 Å². The molecular formula is C11H21N5O2S. The van der Waals surface area contributed by atoms with Crippen LogP contribution in [0.15, 0.2) is 11.4 Å². The number of aromatic nitrogens is 2. The van der Waals surface area contributed by atoms with Gasteiger partial charge in [-0.3, -0.25) is 4.90 Å². The lowest BCUT2D eigenvalue weighted by molar-refractivity contribution is 0.135. The Labute approximate surface area is 114 Å². The summed E-state index contributed by atoms with van der Waals surface area (Å²) in [7, 11) is -1.92. The summed E-state index contributed by atoms with van der Waals surface area (Å²) in [5.74, 6) is 0.0630. The summed E-state index contributed by atoms with van der Waals surface area (Å²) in [4.78, 5) is 6.11. The molecule has 0 aliphatic carbocycles. The molecule has 0 aromatic carbocycles. The molecule has 1 aliphatic heterocycles. The van der Waals surface area contributed by atoms with Gasteiger partial charge in [0, 0.05) is 32.7 Å². The third kappa shape index (κ3) is 2.47. The third-order valence-corrected chi connectivity index (χ3v) is 5.63. The number of hydrogen-bond donors (Lipinski definition) is 1. The summed E-state index contributed by atoms with van der Waals surface area (Å²) < 4.78 is 28.2. The molecule has 0 bridgehead atoms. The maximum Gasteiger partial charge on any atom is 0.262 e. The van der Waals surface area contributed by atoms with Gasteiger partial charge in [-0.1, -0.05) is 6.92 Å². The molecule has 0 radical (unpaired) electrons. The van der Waals surface area contributed by atoms with Crippen molar-refractivity contribution in [2.75, 3.05) is 31.9 Å². The minimum Gasteiger partial charge on any atom is -0.381 e. The Bertz CT molecular complexity index is 534. The van der Waals surface area contributed by atoms with Crippen molar-refractivity contribution in [3.8, 4) is 0 Å². The summed E-state index contributed by atoms with van der Waals surface area (Å²) in [6, 6.07) is 0.211. The zero-order valence-corrected chi connectivity index (χ0v) is 12.4. The Morgan fingerprint density at radius 3 is 2.63 bits per heavy atom. The smallest absolute Gasteiger partial charge is 0.262 e. The normalized spacial score (nSPS) is 22.8. The Hall–Kier alpha value is -1.12. The van der Waals surface area contributed by atoms with E-state index in [9.17, 15) is 8.42 Å². The molecule has 7 nitrogen and oxygen atoms in total. The third-order valence-electron chi connectivity index (χ3n) is 3.63. The molecule has 2 N–H and O–H groups in total. The van der Waals surface area contributed by atoms with Crippen molar-refractivity contribution in [2.45, 2.75) is 24.9 Å². The van der Waals surface area contributed by atoms with Gasteiger partial charge in [0.1, 0.15) is 0 Å². The first kappa shape index (κ1) is 14.3. The van der Waals surface area contributed by atoms with Crippen molar-refractivity contribution in [3.63, 3.8) is 0 Å². The van der Waals surface area contributed by atoms with Gasteiger partial charge in [0.05, 0.1) is 6.33 Å². The number of hydrogen-bond acceptors (Lipinski definition) is 5. The van der Waals surface area contributed by atoms with E-state index in [1.54, 1.807) is 7.05 Å². The van der Waals surface area contributed by atoms with E-state index in [4.69, 9.17) is 5.73 Å². The summed E-state index contributed by atoms with van der Waals surface area (Å²) in [6.45, 7) is 6.78. The monoisotopic (exact) mass is 287 g/mol. The predicted molar refractivity (Wildman–Crippen MR) is 73.1 cm³/mol. The van der Waals surface area contributed by atoms with E-state index in [-0.39, 0.29) is 16.9 Å². The van der Waals surface area contributed by atoms with Gasteiger partial charge in [0.2, 0.25) is 0 Å². The summed E-state index contributed by atoms with van der Waals surface area (Å²) in [5.41, 5.74) is 5.67. The van der Waals surface area contributed by atoms with Crippen LogP contribution in [-0.2, 0) is 17.1 Å². The zero-order chi connectivity index (χ0) is 14.2. The van der Waals surface area contributed by atoms with E-state index in [0.717, 1.165) is 13.1 Å². The summed E-state index contributed by atoms with van der Waals surface area (Å²) in [6.07, 6.45) is 1.42. The van der Waals surface area contributed by atoms with Crippen LogP contribution in [0.25, 0.3) is 0 Å². The highest BCUT2D eigenvalue weighted by molar-refractivity contribution is 7.89. The first-order chi connectivity index (χ1) is 8.87. The number of nitrogens with zero attached hydrogens (tertiary/aromatic N) is 4. The van der Waals surface area contributed by atoms with Gasteiger partial charge >= 0.3 is 0 Å². The van der Waals surface area contributed by atoms with E-state index < -0.39 is 10.0 Å². The summed E-state index contributed by atoms with van der Waals surface area (Å²) >= 11 is 0. The molecule has 0 spiro atoms. The molecule has 1 fully saturated rings. The molecule has 0 amide bonds. The molecule has 1 atom stereocenters. The minimum atomic E-state index is -3.56. The highest BCUT2D eigenvalue weighted by Crippen LogP contribution is 2.23. The van der Waals surface area contributed by atoms with Crippen LogP contribution in [0.5, 0.6) is 0 Å². The topological polar surface area (TPSA) is 84.5 Å². The van der Waals surface area contributed by atoms with Crippen LogP contribution in [0.3, 0.4) is 0 Å². The maximum atomic E-state index is 12.6. The molecule has 19 heavy (non-hydrogen) atoms. The first-order valence-electron chi connectivity index (χ1n) is 6.39. The largest absolute Gasteiger partial charge is 0.381 e. The Morgan fingerprint density at radius 1 is 1.47 bits per heavy atom. The fourth-order valence-corrected chi connectivity index (χ4v) is 4.23. The number of piperazine rings is 1.